The molecule has 0 N–H and O–H groups in total. The second kappa shape index (κ2) is 39.6. The normalized spacial score (nSPS) is 12.7. The molecule has 0 saturated heterocycles. The highest BCUT2D eigenvalue weighted by atomic mass is 35.5. The molecule has 1 aromatic rings. The van der Waals surface area contributed by atoms with Crippen LogP contribution in [0.15, 0.2) is 24.3 Å². The van der Waals surface area contributed by atoms with E-state index in [0.29, 0.717) is 170 Å². The molecular formula is C40H68ClNO15. The topological polar surface area (TPSA) is 157 Å². The highest BCUT2D eigenvalue weighted by molar-refractivity contribution is 6.21. The Labute approximate surface area is 344 Å². The van der Waals surface area contributed by atoms with Crippen LogP contribution in [0, 0.1) is 0 Å². The summed E-state index contributed by atoms with van der Waals surface area (Å²) in [6, 6.07) is 6.82. The van der Waals surface area contributed by atoms with E-state index in [0.717, 1.165) is 38.2 Å². The zero-order chi connectivity index (χ0) is 40.5. The molecule has 0 aliphatic carbocycles. The van der Waals surface area contributed by atoms with Gasteiger partial charge in [0, 0.05) is 12.5 Å². The van der Waals surface area contributed by atoms with Crippen molar-refractivity contribution < 1.29 is 71.2 Å². The Morgan fingerprint density at radius 1 is 0.333 bits per heavy atom. The number of carbonyl (C=O) groups is 2. The molecule has 0 bridgehead atoms. The molecule has 0 fully saturated rings. The Hall–Kier alpha value is -1.87. The molecule has 16 nitrogen and oxygen atoms in total. The number of fused-ring (bicyclic) bond motifs is 1. The van der Waals surface area contributed by atoms with Gasteiger partial charge < -0.3 is 61.6 Å². The molecule has 330 valence electrons. The molecule has 1 aromatic carbocycles. The number of rotatable bonds is 45. The molecule has 0 unspecified atom stereocenters. The van der Waals surface area contributed by atoms with E-state index in [9.17, 15) is 9.59 Å². The minimum atomic E-state index is -0.279. The number of benzene rings is 1. The van der Waals surface area contributed by atoms with Gasteiger partial charge in [-0.25, -0.2) is 0 Å². The van der Waals surface area contributed by atoms with E-state index in [-0.39, 0.29) is 25.0 Å². The standard InChI is InChI=1S/C40H68ClNO15/c41-9-5-1-2-6-11-45-13-15-47-17-19-49-21-23-51-25-27-53-29-31-55-33-35-57-36-34-56-32-30-54-28-26-52-24-22-50-20-18-48-16-14-46-12-10-42-39(43)37-7-3-4-8-38(37)40(42)44/h3-4,7-8H,1-2,5-6,9-36H2. The lowest BCUT2D eigenvalue weighted by molar-refractivity contribution is -0.0291. The SMILES string of the molecule is O=C1c2ccccc2C(=O)N1CCOCCOCCOCCOCCOCCOCCOCCOCCOCCOCCOCCOCCOCCCCCCCl. The number of nitrogens with zero attached hydrogens (tertiary/aromatic N) is 1. The van der Waals surface area contributed by atoms with Gasteiger partial charge in [0.25, 0.3) is 11.8 Å². The first-order valence-corrected chi connectivity index (χ1v) is 20.8. The average molecular weight is 838 g/mol. The van der Waals surface area contributed by atoms with Crippen molar-refractivity contribution in [1.82, 2.24) is 4.90 Å². The number of hydrogen-bond donors (Lipinski definition) is 0. The predicted molar refractivity (Wildman–Crippen MR) is 212 cm³/mol. The third-order valence-corrected chi connectivity index (χ3v) is 8.24. The van der Waals surface area contributed by atoms with E-state index in [1.54, 1.807) is 24.3 Å². The van der Waals surface area contributed by atoms with Crippen LogP contribution < -0.4 is 0 Å². The quantitative estimate of drug-likeness (QED) is 0.0535. The van der Waals surface area contributed by atoms with Gasteiger partial charge in [0.2, 0.25) is 0 Å². The number of halogens is 1. The van der Waals surface area contributed by atoms with Crippen LogP contribution in [0.2, 0.25) is 0 Å². The number of amides is 2. The van der Waals surface area contributed by atoms with Gasteiger partial charge in [-0.05, 0) is 25.0 Å². The van der Waals surface area contributed by atoms with Crippen LogP contribution in [0.5, 0.6) is 0 Å². The Morgan fingerprint density at radius 2 is 0.579 bits per heavy atom. The summed E-state index contributed by atoms with van der Waals surface area (Å²) in [5, 5.41) is 0. The van der Waals surface area contributed by atoms with E-state index in [1.807, 2.05) is 0 Å². The van der Waals surface area contributed by atoms with Crippen molar-refractivity contribution in [3.8, 4) is 0 Å². The molecule has 2 amide bonds. The van der Waals surface area contributed by atoms with Crippen LogP contribution in [0.1, 0.15) is 46.4 Å². The van der Waals surface area contributed by atoms with Gasteiger partial charge in [0.1, 0.15) is 0 Å². The highest BCUT2D eigenvalue weighted by Gasteiger charge is 2.34. The third kappa shape index (κ3) is 29.1. The van der Waals surface area contributed by atoms with Crippen molar-refractivity contribution in [2.24, 2.45) is 0 Å². The Morgan fingerprint density at radius 3 is 0.860 bits per heavy atom. The maximum Gasteiger partial charge on any atom is 0.261 e. The molecule has 0 atom stereocenters. The van der Waals surface area contributed by atoms with E-state index in [2.05, 4.69) is 0 Å². The average Bonchev–Trinajstić information content (AvgIpc) is 3.47. The molecule has 1 aliphatic heterocycles. The van der Waals surface area contributed by atoms with Crippen LogP contribution in [-0.4, -0.2) is 201 Å². The first-order valence-electron chi connectivity index (χ1n) is 20.3. The van der Waals surface area contributed by atoms with Gasteiger partial charge in [0.15, 0.2) is 0 Å². The third-order valence-electron chi connectivity index (χ3n) is 7.97. The maximum absolute atomic E-state index is 12.3. The summed E-state index contributed by atoms with van der Waals surface area (Å²) in [6.07, 6.45) is 4.47. The van der Waals surface area contributed by atoms with Crippen molar-refractivity contribution in [3.05, 3.63) is 35.4 Å². The Bertz CT molecular complexity index is 1040. The fraction of sp³-hybridized carbons (Fsp3) is 0.800. The first kappa shape index (κ1) is 51.3. The van der Waals surface area contributed by atoms with Crippen molar-refractivity contribution in [2.75, 3.05) is 184 Å². The number of imide groups is 1. The number of carbonyl (C=O) groups excluding carboxylic acids is 2. The molecule has 17 heteroatoms. The van der Waals surface area contributed by atoms with Gasteiger partial charge in [-0.1, -0.05) is 25.0 Å². The van der Waals surface area contributed by atoms with Crippen molar-refractivity contribution in [3.63, 3.8) is 0 Å². The second-order valence-electron chi connectivity index (χ2n) is 12.4. The first-order chi connectivity index (χ1) is 28.3. The van der Waals surface area contributed by atoms with Crippen molar-refractivity contribution in [1.29, 1.82) is 0 Å². The van der Waals surface area contributed by atoms with Gasteiger partial charge in [-0.15, -0.1) is 11.6 Å². The minimum Gasteiger partial charge on any atom is -0.379 e. The molecule has 0 radical (unpaired) electrons. The van der Waals surface area contributed by atoms with Crippen molar-refractivity contribution in [2.45, 2.75) is 25.7 Å². The van der Waals surface area contributed by atoms with Crippen molar-refractivity contribution >= 4 is 23.4 Å². The van der Waals surface area contributed by atoms with Gasteiger partial charge >= 0.3 is 0 Å². The van der Waals surface area contributed by atoms with Crippen LogP contribution >= 0.6 is 11.6 Å². The molecule has 0 spiro atoms. The summed E-state index contributed by atoms with van der Waals surface area (Å²) < 4.78 is 71.4. The Kier molecular flexibility index (Phi) is 35.6. The summed E-state index contributed by atoms with van der Waals surface area (Å²) in [5.41, 5.74) is 0.881. The highest BCUT2D eigenvalue weighted by Crippen LogP contribution is 2.21. The number of hydrogen-bond acceptors (Lipinski definition) is 15. The monoisotopic (exact) mass is 837 g/mol. The summed E-state index contributed by atoms with van der Waals surface area (Å²) in [5.74, 6) is 0.179. The zero-order valence-electron chi connectivity index (χ0n) is 33.9. The van der Waals surface area contributed by atoms with Gasteiger partial charge in [0.05, 0.1) is 183 Å². The second-order valence-corrected chi connectivity index (χ2v) is 12.7. The summed E-state index contributed by atoms with van der Waals surface area (Å²) in [6.45, 7) is 13.0. The molecule has 2 rings (SSSR count). The molecular weight excluding hydrogens is 770 g/mol. The smallest absolute Gasteiger partial charge is 0.261 e. The molecule has 57 heavy (non-hydrogen) atoms. The van der Waals surface area contributed by atoms with Crippen LogP contribution in [-0.2, 0) is 61.6 Å². The minimum absolute atomic E-state index is 0.212. The summed E-state index contributed by atoms with van der Waals surface area (Å²) >= 11 is 5.66. The van der Waals surface area contributed by atoms with E-state index in [4.69, 9.17) is 73.2 Å². The lowest BCUT2D eigenvalue weighted by Crippen LogP contribution is -2.33. The summed E-state index contributed by atoms with van der Waals surface area (Å²) in [7, 11) is 0. The van der Waals surface area contributed by atoms with Crippen LogP contribution in [0.3, 0.4) is 0 Å². The molecule has 0 saturated carbocycles. The lowest BCUT2D eigenvalue weighted by Gasteiger charge is -2.13. The fourth-order valence-electron chi connectivity index (χ4n) is 4.99. The van der Waals surface area contributed by atoms with Crippen LogP contribution in [0.4, 0.5) is 0 Å². The van der Waals surface area contributed by atoms with E-state index < -0.39 is 0 Å². The predicted octanol–water partition coefficient (Wildman–Crippen LogP) is 3.30. The van der Waals surface area contributed by atoms with E-state index >= 15 is 0 Å². The zero-order valence-corrected chi connectivity index (χ0v) is 34.6. The van der Waals surface area contributed by atoms with Gasteiger partial charge in [-0.2, -0.15) is 0 Å². The summed E-state index contributed by atoms with van der Waals surface area (Å²) in [4.78, 5) is 25.9. The maximum atomic E-state index is 12.3. The Balaban J connectivity index is 1.14. The van der Waals surface area contributed by atoms with E-state index in [1.165, 1.54) is 4.90 Å². The number of unbranched alkanes of at least 4 members (excludes halogenated alkanes) is 3. The molecule has 0 aromatic heterocycles. The number of alkyl halides is 1. The largest absolute Gasteiger partial charge is 0.379 e. The fourth-order valence-corrected chi connectivity index (χ4v) is 5.18. The number of ether oxygens (including phenoxy) is 13. The van der Waals surface area contributed by atoms with Gasteiger partial charge in [-0.3, -0.25) is 14.5 Å². The molecule has 1 aliphatic rings. The lowest BCUT2D eigenvalue weighted by atomic mass is 10.1. The molecule has 1 heterocycles. The van der Waals surface area contributed by atoms with Crippen LogP contribution in [0.25, 0.3) is 0 Å².